The summed E-state index contributed by atoms with van der Waals surface area (Å²) in [4.78, 5) is 5.30. The Kier molecular flexibility index (Phi) is 3.91. The minimum atomic E-state index is -0.278. The number of hydrogen-bond acceptors (Lipinski definition) is 6. The monoisotopic (exact) mass is 357 g/mol. The van der Waals surface area contributed by atoms with Crippen LogP contribution in [-0.2, 0) is 5.75 Å². The lowest BCUT2D eigenvalue weighted by Gasteiger charge is -2.06. The Balaban J connectivity index is 1.62. The van der Waals surface area contributed by atoms with Gasteiger partial charge in [0.25, 0.3) is 0 Å². The maximum Gasteiger partial charge on any atom is 0.210 e. The van der Waals surface area contributed by atoms with E-state index in [4.69, 9.17) is 5.84 Å². The Hall–Kier alpha value is -2.45. The second-order valence-corrected chi connectivity index (χ2v) is 6.97. The van der Waals surface area contributed by atoms with Gasteiger partial charge in [0.15, 0.2) is 5.82 Å². The lowest BCUT2D eigenvalue weighted by Crippen LogP contribution is -2.11. The summed E-state index contributed by atoms with van der Waals surface area (Å²) in [5, 5.41) is 11.6. The highest BCUT2D eigenvalue weighted by atomic mass is 32.2. The van der Waals surface area contributed by atoms with Crippen molar-refractivity contribution in [2.45, 2.75) is 10.9 Å². The summed E-state index contributed by atoms with van der Waals surface area (Å²) in [5.41, 5.74) is 1.59. The van der Waals surface area contributed by atoms with E-state index in [0.29, 0.717) is 16.7 Å². The Morgan fingerprint density at radius 3 is 2.96 bits per heavy atom. The molecule has 0 saturated carbocycles. The van der Waals surface area contributed by atoms with Gasteiger partial charge in [-0.25, -0.2) is 9.07 Å². The summed E-state index contributed by atoms with van der Waals surface area (Å²) in [6, 6.07) is 10.5. The molecule has 0 atom stereocenters. The van der Waals surface area contributed by atoms with E-state index in [2.05, 4.69) is 15.2 Å². The quantitative estimate of drug-likeness (QED) is 0.445. The molecule has 0 bridgehead atoms. The lowest BCUT2D eigenvalue weighted by molar-refractivity contribution is 0.628. The third-order valence-corrected chi connectivity index (χ3v) is 5.37. The van der Waals surface area contributed by atoms with Crippen molar-refractivity contribution in [3.05, 3.63) is 59.4 Å². The van der Waals surface area contributed by atoms with Crippen molar-refractivity contribution < 1.29 is 4.39 Å². The van der Waals surface area contributed by atoms with E-state index in [0.717, 1.165) is 21.3 Å². The van der Waals surface area contributed by atoms with Gasteiger partial charge >= 0.3 is 0 Å². The first-order valence-corrected chi connectivity index (χ1v) is 8.99. The van der Waals surface area contributed by atoms with Crippen LogP contribution in [-0.4, -0.2) is 19.9 Å². The van der Waals surface area contributed by atoms with Crippen molar-refractivity contribution in [3.8, 4) is 10.7 Å². The number of fused-ring (bicyclic) bond motifs is 1. The third-order valence-electron chi connectivity index (χ3n) is 3.51. The summed E-state index contributed by atoms with van der Waals surface area (Å²) in [6.07, 6.45) is 1.70. The largest absolute Gasteiger partial charge is 0.335 e. The molecule has 120 valence electrons. The van der Waals surface area contributed by atoms with Crippen molar-refractivity contribution >= 4 is 34.0 Å². The van der Waals surface area contributed by atoms with Crippen molar-refractivity contribution in [2.75, 3.05) is 5.84 Å². The van der Waals surface area contributed by atoms with Crippen LogP contribution in [0.5, 0.6) is 0 Å². The maximum atomic E-state index is 13.8. The number of aromatic nitrogens is 4. The first-order chi connectivity index (χ1) is 11.7. The average Bonchev–Trinajstić information content (AvgIpc) is 3.22. The topological polar surface area (TPSA) is 69.6 Å². The van der Waals surface area contributed by atoms with Gasteiger partial charge in [0.05, 0.1) is 10.4 Å². The molecular formula is C16H12FN5S2. The van der Waals surface area contributed by atoms with Crippen LogP contribution in [0, 0.1) is 5.82 Å². The zero-order chi connectivity index (χ0) is 16.5. The average molecular weight is 357 g/mol. The van der Waals surface area contributed by atoms with Gasteiger partial charge in [-0.15, -0.1) is 21.5 Å². The molecule has 5 nitrogen and oxygen atoms in total. The predicted molar refractivity (Wildman–Crippen MR) is 94.7 cm³/mol. The van der Waals surface area contributed by atoms with Crippen LogP contribution >= 0.6 is 23.1 Å². The van der Waals surface area contributed by atoms with Crippen LogP contribution in [0.2, 0.25) is 0 Å². The fourth-order valence-corrected chi connectivity index (χ4v) is 3.96. The summed E-state index contributed by atoms with van der Waals surface area (Å²) in [6.45, 7) is 0. The SMILES string of the molecule is Nn1c(SCc2cc(F)cc3cccnc23)nnc1-c1cccs1. The second kappa shape index (κ2) is 6.21. The van der Waals surface area contributed by atoms with Gasteiger partial charge in [-0.3, -0.25) is 4.98 Å². The van der Waals surface area contributed by atoms with Gasteiger partial charge in [-0.1, -0.05) is 23.9 Å². The van der Waals surface area contributed by atoms with Crippen LogP contribution in [0.15, 0.2) is 53.1 Å². The number of pyridine rings is 1. The van der Waals surface area contributed by atoms with Crippen LogP contribution in [0.4, 0.5) is 4.39 Å². The van der Waals surface area contributed by atoms with Crippen molar-refractivity contribution in [1.82, 2.24) is 19.9 Å². The highest BCUT2D eigenvalue weighted by Gasteiger charge is 2.14. The number of nitrogens with zero attached hydrogens (tertiary/aromatic N) is 4. The van der Waals surface area contributed by atoms with E-state index in [1.807, 2.05) is 23.6 Å². The van der Waals surface area contributed by atoms with E-state index < -0.39 is 0 Å². The summed E-state index contributed by atoms with van der Waals surface area (Å²) < 4.78 is 15.3. The molecule has 0 aliphatic carbocycles. The van der Waals surface area contributed by atoms with E-state index in [-0.39, 0.29) is 5.82 Å². The van der Waals surface area contributed by atoms with Crippen LogP contribution in [0.1, 0.15) is 5.56 Å². The number of rotatable bonds is 4. The smallest absolute Gasteiger partial charge is 0.210 e. The normalized spacial score (nSPS) is 11.2. The van der Waals surface area contributed by atoms with E-state index >= 15 is 0 Å². The standard InChI is InChI=1S/C16H12FN5S2/c17-12-7-10-3-1-5-19-14(10)11(8-12)9-24-16-21-20-15(22(16)18)13-4-2-6-23-13/h1-8H,9,18H2. The molecule has 4 rings (SSSR count). The first kappa shape index (κ1) is 15.1. The predicted octanol–water partition coefficient (Wildman–Crippen LogP) is 3.70. The van der Waals surface area contributed by atoms with Crippen LogP contribution in [0.3, 0.4) is 0 Å². The molecule has 1 aromatic carbocycles. The second-order valence-electron chi connectivity index (χ2n) is 5.08. The van der Waals surface area contributed by atoms with E-state index in [1.165, 1.54) is 28.6 Å². The highest BCUT2D eigenvalue weighted by molar-refractivity contribution is 7.98. The Labute approximate surface area is 145 Å². The number of nitrogens with two attached hydrogens (primary N) is 1. The molecule has 0 saturated heterocycles. The minimum Gasteiger partial charge on any atom is -0.335 e. The number of thiophene rings is 1. The van der Waals surface area contributed by atoms with Crippen molar-refractivity contribution in [2.24, 2.45) is 0 Å². The summed E-state index contributed by atoms with van der Waals surface area (Å²) in [7, 11) is 0. The minimum absolute atomic E-state index is 0.278. The van der Waals surface area contributed by atoms with Crippen molar-refractivity contribution in [1.29, 1.82) is 0 Å². The third kappa shape index (κ3) is 2.74. The van der Waals surface area contributed by atoms with Crippen LogP contribution < -0.4 is 5.84 Å². The van der Waals surface area contributed by atoms with Gasteiger partial charge in [-0.2, -0.15) is 0 Å². The summed E-state index contributed by atoms with van der Waals surface area (Å²) >= 11 is 2.95. The van der Waals surface area contributed by atoms with Gasteiger partial charge in [0.2, 0.25) is 5.16 Å². The molecule has 8 heteroatoms. The fraction of sp³-hybridized carbons (Fsp3) is 0.0625. The van der Waals surface area contributed by atoms with Gasteiger partial charge in [0, 0.05) is 17.3 Å². The lowest BCUT2D eigenvalue weighted by atomic mass is 10.1. The summed E-state index contributed by atoms with van der Waals surface area (Å²) in [5.74, 6) is 6.94. The molecule has 3 heterocycles. The molecule has 4 aromatic rings. The number of halogens is 1. The van der Waals surface area contributed by atoms with Gasteiger partial charge in [-0.05, 0) is 35.2 Å². The molecule has 0 fully saturated rings. The molecule has 0 amide bonds. The molecule has 0 spiro atoms. The Morgan fingerprint density at radius 1 is 1.21 bits per heavy atom. The van der Waals surface area contributed by atoms with Crippen LogP contribution in [0.25, 0.3) is 21.6 Å². The zero-order valence-electron chi connectivity index (χ0n) is 12.4. The molecule has 24 heavy (non-hydrogen) atoms. The molecule has 0 unspecified atom stereocenters. The number of benzene rings is 1. The zero-order valence-corrected chi connectivity index (χ0v) is 14.0. The molecule has 0 aliphatic rings. The Morgan fingerprint density at radius 2 is 2.12 bits per heavy atom. The van der Waals surface area contributed by atoms with E-state index in [9.17, 15) is 4.39 Å². The molecular weight excluding hydrogens is 345 g/mol. The number of hydrogen-bond donors (Lipinski definition) is 1. The molecule has 2 N–H and O–H groups in total. The maximum absolute atomic E-state index is 13.8. The number of nitrogen functional groups attached to an aromatic ring is 1. The Bertz CT molecular complexity index is 997. The van der Waals surface area contributed by atoms with Crippen molar-refractivity contribution in [3.63, 3.8) is 0 Å². The molecule has 0 radical (unpaired) electrons. The molecule has 3 aromatic heterocycles. The molecule has 0 aliphatic heterocycles. The number of thioether (sulfide) groups is 1. The first-order valence-electron chi connectivity index (χ1n) is 7.12. The highest BCUT2D eigenvalue weighted by Crippen LogP contribution is 2.29. The fourth-order valence-electron chi connectivity index (χ4n) is 2.43. The van der Waals surface area contributed by atoms with Gasteiger partial charge in [0.1, 0.15) is 5.82 Å². The van der Waals surface area contributed by atoms with Gasteiger partial charge < -0.3 is 5.84 Å². The van der Waals surface area contributed by atoms with E-state index in [1.54, 1.807) is 23.6 Å².